The van der Waals surface area contributed by atoms with Crippen LogP contribution in [-0.4, -0.2) is 33.7 Å². The fourth-order valence-corrected chi connectivity index (χ4v) is 4.16. The van der Waals surface area contributed by atoms with Gasteiger partial charge < -0.3 is 16.2 Å². The fourth-order valence-electron chi connectivity index (χ4n) is 4.16. The summed E-state index contributed by atoms with van der Waals surface area (Å²) >= 11 is 0. The lowest BCUT2D eigenvalue weighted by atomic mass is 9.96. The van der Waals surface area contributed by atoms with E-state index in [0.29, 0.717) is 12.2 Å². The number of hydrogen-bond donors (Lipinski definition) is 3. The maximum atomic E-state index is 10.2. The van der Waals surface area contributed by atoms with E-state index < -0.39 is 5.60 Å². The Kier molecular flexibility index (Phi) is 5.50. The van der Waals surface area contributed by atoms with Gasteiger partial charge in [0.25, 0.3) is 0 Å². The second-order valence-electron chi connectivity index (χ2n) is 8.85. The smallest absolute Gasteiger partial charge is 0.0718 e. The highest BCUT2D eigenvalue weighted by Gasteiger charge is 2.23. The van der Waals surface area contributed by atoms with Gasteiger partial charge in [0.15, 0.2) is 0 Å². The fraction of sp³-hybridized carbons (Fsp3) is 0.320. The number of benzene rings is 2. The number of anilines is 3. The molecule has 1 aliphatic heterocycles. The standard InChI is InChI=1S/C25H30N4O/c1-17-7-9-20(13-22(17)23-10-8-19(26)14-27-23)28-24-6-4-5-18-15-29(12-11-21(18)24)16-25(2,3)30/h4-10,13-14,28,30H,11-12,15-16,26H2,1-3H3. The number of fused-ring (bicyclic) bond motifs is 1. The molecule has 156 valence electrons. The molecule has 0 saturated carbocycles. The van der Waals surface area contributed by atoms with Crippen molar-refractivity contribution in [3.8, 4) is 11.3 Å². The Hall–Kier alpha value is -2.89. The monoisotopic (exact) mass is 402 g/mol. The number of pyridine rings is 1. The molecule has 5 nitrogen and oxygen atoms in total. The van der Waals surface area contributed by atoms with Gasteiger partial charge in [0.1, 0.15) is 0 Å². The Balaban J connectivity index is 1.58. The van der Waals surface area contributed by atoms with Gasteiger partial charge in [-0.1, -0.05) is 18.2 Å². The Morgan fingerprint density at radius 1 is 1.17 bits per heavy atom. The van der Waals surface area contributed by atoms with Gasteiger partial charge in [0.05, 0.1) is 23.2 Å². The van der Waals surface area contributed by atoms with E-state index in [1.807, 2.05) is 26.0 Å². The van der Waals surface area contributed by atoms with Gasteiger partial charge in [0, 0.05) is 36.6 Å². The van der Waals surface area contributed by atoms with Gasteiger partial charge in [-0.3, -0.25) is 9.88 Å². The van der Waals surface area contributed by atoms with Gasteiger partial charge in [-0.2, -0.15) is 0 Å². The molecule has 0 spiro atoms. The van der Waals surface area contributed by atoms with Crippen LogP contribution in [0.2, 0.25) is 0 Å². The van der Waals surface area contributed by atoms with Crippen LogP contribution in [0.3, 0.4) is 0 Å². The van der Waals surface area contributed by atoms with Crippen molar-refractivity contribution in [2.75, 3.05) is 24.1 Å². The number of hydrogen-bond acceptors (Lipinski definition) is 5. The first-order valence-electron chi connectivity index (χ1n) is 10.4. The van der Waals surface area contributed by atoms with E-state index in [2.05, 4.69) is 58.5 Å². The second kappa shape index (κ2) is 8.09. The number of aryl methyl sites for hydroxylation is 1. The number of β-amino-alcohol motifs (C(OH)–C–C–N with tert-alkyl or cyclic N) is 1. The van der Waals surface area contributed by atoms with Gasteiger partial charge in [-0.15, -0.1) is 0 Å². The van der Waals surface area contributed by atoms with Crippen molar-refractivity contribution in [2.24, 2.45) is 0 Å². The molecule has 30 heavy (non-hydrogen) atoms. The third-order valence-electron chi connectivity index (χ3n) is 5.53. The van der Waals surface area contributed by atoms with E-state index in [-0.39, 0.29) is 0 Å². The van der Waals surface area contributed by atoms with Crippen LogP contribution in [0, 0.1) is 6.92 Å². The minimum Gasteiger partial charge on any atom is -0.397 e. The maximum Gasteiger partial charge on any atom is 0.0718 e. The van der Waals surface area contributed by atoms with Crippen LogP contribution in [0.1, 0.15) is 30.5 Å². The Labute approximate surface area is 178 Å². The third kappa shape index (κ3) is 4.64. The molecule has 3 aromatic rings. The van der Waals surface area contributed by atoms with E-state index >= 15 is 0 Å². The SMILES string of the molecule is Cc1ccc(Nc2cccc3c2CCN(CC(C)(C)O)C3)cc1-c1ccc(N)cn1. The Bertz CT molecular complexity index is 1040. The van der Waals surface area contributed by atoms with Crippen LogP contribution in [-0.2, 0) is 13.0 Å². The summed E-state index contributed by atoms with van der Waals surface area (Å²) in [6.07, 6.45) is 2.66. The molecule has 4 rings (SSSR count). The number of nitrogens with one attached hydrogen (secondary N) is 1. The van der Waals surface area contributed by atoms with E-state index in [0.717, 1.165) is 42.1 Å². The lowest BCUT2D eigenvalue weighted by Gasteiger charge is -2.34. The molecule has 4 N–H and O–H groups in total. The van der Waals surface area contributed by atoms with Crippen LogP contribution in [0.4, 0.5) is 17.1 Å². The van der Waals surface area contributed by atoms with Crippen LogP contribution in [0.15, 0.2) is 54.7 Å². The molecule has 0 saturated heterocycles. The molecule has 2 aromatic carbocycles. The summed E-state index contributed by atoms with van der Waals surface area (Å²) in [5.74, 6) is 0. The Morgan fingerprint density at radius 2 is 2.00 bits per heavy atom. The van der Waals surface area contributed by atoms with Gasteiger partial charge in [-0.05, 0) is 74.2 Å². The summed E-state index contributed by atoms with van der Waals surface area (Å²) < 4.78 is 0. The van der Waals surface area contributed by atoms with Gasteiger partial charge in [0.2, 0.25) is 0 Å². The summed E-state index contributed by atoms with van der Waals surface area (Å²) in [6.45, 7) is 8.32. The number of nitrogens with zero attached hydrogens (tertiary/aromatic N) is 2. The maximum absolute atomic E-state index is 10.2. The topological polar surface area (TPSA) is 74.4 Å². The number of nitrogens with two attached hydrogens (primary N) is 1. The Morgan fingerprint density at radius 3 is 2.73 bits per heavy atom. The molecule has 1 aliphatic rings. The largest absolute Gasteiger partial charge is 0.397 e. The van der Waals surface area contributed by atoms with Crippen molar-refractivity contribution >= 4 is 17.1 Å². The first-order chi connectivity index (χ1) is 14.3. The molecule has 0 amide bonds. The molecule has 2 heterocycles. The lowest BCUT2D eigenvalue weighted by molar-refractivity contribution is 0.0318. The molecule has 0 bridgehead atoms. The predicted octanol–water partition coefficient (Wildman–Crippen LogP) is 4.51. The van der Waals surface area contributed by atoms with Crippen molar-refractivity contribution in [3.05, 3.63) is 71.4 Å². The molecule has 0 aliphatic carbocycles. The van der Waals surface area contributed by atoms with E-state index in [4.69, 9.17) is 5.73 Å². The normalized spacial score (nSPS) is 14.4. The minimum absolute atomic E-state index is 0.667. The average Bonchev–Trinajstić information content (AvgIpc) is 2.69. The molecular weight excluding hydrogens is 372 g/mol. The number of aromatic nitrogens is 1. The summed E-state index contributed by atoms with van der Waals surface area (Å²) in [5, 5.41) is 13.8. The second-order valence-corrected chi connectivity index (χ2v) is 8.85. The molecule has 5 heteroatoms. The lowest BCUT2D eigenvalue weighted by Crippen LogP contribution is -2.41. The highest BCUT2D eigenvalue weighted by atomic mass is 16.3. The summed E-state index contributed by atoms with van der Waals surface area (Å²) in [4.78, 5) is 6.81. The highest BCUT2D eigenvalue weighted by molar-refractivity contribution is 5.73. The molecule has 0 atom stereocenters. The molecule has 0 radical (unpaired) electrons. The average molecular weight is 403 g/mol. The van der Waals surface area contributed by atoms with E-state index in [1.165, 1.54) is 16.7 Å². The molecule has 1 aromatic heterocycles. The minimum atomic E-state index is -0.679. The first kappa shape index (κ1) is 20.4. The zero-order valence-electron chi connectivity index (χ0n) is 17.9. The van der Waals surface area contributed by atoms with Crippen molar-refractivity contribution in [1.29, 1.82) is 0 Å². The van der Waals surface area contributed by atoms with Gasteiger partial charge in [-0.25, -0.2) is 0 Å². The summed E-state index contributed by atoms with van der Waals surface area (Å²) in [7, 11) is 0. The predicted molar refractivity (Wildman–Crippen MR) is 124 cm³/mol. The zero-order chi connectivity index (χ0) is 21.3. The van der Waals surface area contributed by atoms with Crippen molar-refractivity contribution < 1.29 is 5.11 Å². The first-order valence-corrected chi connectivity index (χ1v) is 10.4. The number of rotatable bonds is 5. The summed E-state index contributed by atoms with van der Waals surface area (Å²) in [6, 6.07) is 16.7. The number of nitrogen functional groups attached to an aromatic ring is 1. The van der Waals surface area contributed by atoms with Crippen molar-refractivity contribution in [1.82, 2.24) is 9.88 Å². The highest BCUT2D eigenvalue weighted by Crippen LogP contribution is 2.31. The quantitative estimate of drug-likeness (QED) is 0.585. The van der Waals surface area contributed by atoms with Crippen LogP contribution < -0.4 is 11.1 Å². The number of aliphatic hydroxyl groups is 1. The van der Waals surface area contributed by atoms with E-state index in [1.54, 1.807) is 6.20 Å². The molecule has 0 unspecified atom stereocenters. The van der Waals surface area contributed by atoms with Crippen LogP contribution >= 0.6 is 0 Å². The molecular formula is C25H30N4O. The third-order valence-corrected chi connectivity index (χ3v) is 5.53. The molecule has 0 fully saturated rings. The van der Waals surface area contributed by atoms with Crippen LogP contribution in [0.25, 0.3) is 11.3 Å². The van der Waals surface area contributed by atoms with Crippen LogP contribution in [0.5, 0.6) is 0 Å². The van der Waals surface area contributed by atoms with Crippen molar-refractivity contribution in [2.45, 2.75) is 39.3 Å². The summed E-state index contributed by atoms with van der Waals surface area (Å²) in [5.41, 5.74) is 13.8. The van der Waals surface area contributed by atoms with Gasteiger partial charge >= 0.3 is 0 Å². The zero-order valence-corrected chi connectivity index (χ0v) is 17.9. The van der Waals surface area contributed by atoms with E-state index in [9.17, 15) is 5.11 Å². The van der Waals surface area contributed by atoms with Crippen molar-refractivity contribution in [3.63, 3.8) is 0 Å².